The minimum absolute atomic E-state index is 0.560. The summed E-state index contributed by atoms with van der Waals surface area (Å²) >= 11 is 4.96. The van der Waals surface area contributed by atoms with Gasteiger partial charge in [0.2, 0.25) is 0 Å². The zero-order chi connectivity index (χ0) is 9.84. The lowest BCUT2D eigenvalue weighted by molar-refractivity contribution is 0.181. The summed E-state index contributed by atoms with van der Waals surface area (Å²) in [5.41, 5.74) is 5.59. The van der Waals surface area contributed by atoms with Crippen LogP contribution in [0.1, 0.15) is 39.5 Å². The molecule has 1 rings (SSSR count). The van der Waals surface area contributed by atoms with E-state index < -0.39 is 0 Å². The average molecular weight is 200 g/mol. The van der Waals surface area contributed by atoms with Crippen molar-refractivity contribution in [3.63, 3.8) is 0 Å². The maximum absolute atomic E-state index is 5.59. The molecule has 0 heterocycles. The van der Waals surface area contributed by atoms with Crippen LogP contribution in [0.5, 0.6) is 0 Å². The van der Waals surface area contributed by atoms with E-state index in [4.69, 9.17) is 18.0 Å². The molecule has 0 radical (unpaired) electrons. The lowest BCUT2D eigenvalue weighted by Gasteiger charge is -2.31. The van der Waals surface area contributed by atoms with E-state index >= 15 is 0 Å². The Labute approximate surface area is 86.5 Å². The number of thiocarbonyl (C=S) groups is 1. The summed E-state index contributed by atoms with van der Waals surface area (Å²) in [5, 5.41) is 0. The molecule has 0 atom stereocenters. The van der Waals surface area contributed by atoms with Gasteiger partial charge in [0.25, 0.3) is 0 Å². The second-order valence-corrected chi connectivity index (χ2v) is 4.70. The van der Waals surface area contributed by atoms with Crippen LogP contribution in [0.4, 0.5) is 0 Å². The zero-order valence-corrected chi connectivity index (χ0v) is 9.44. The highest BCUT2D eigenvalue weighted by Gasteiger charge is 2.24. The quantitative estimate of drug-likeness (QED) is 0.703. The predicted molar refractivity (Wildman–Crippen MR) is 60.9 cm³/mol. The maximum atomic E-state index is 5.59. The Morgan fingerprint density at radius 2 is 2.00 bits per heavy atom. The highest BCUT2D eigenvalue weighted by molar-refractivity contribution is 7.80. The van der Waals surface area contributed by atoms with Gasteiger partial charge >= 0.3 is 0 Å². The molecule has 3 heteroatoms. The minimum Gasteiger partial charge on any atom is -0.392 e. The van der Waals surface area contributed by atoms with Gasteiger partial charge in [-0.3, -0.25) is 4.90 Å². The van der Waals surface area contributed by atoms with E-state index in [1.807, 2.05) is 0 Å². The summed E-state index contributed by atoms with van der Waals surface area (Å²) in [6.07, 6.45) is 5.37. The van der Waals surface area contributed by atoms with Crippen molar-refractivity contribution in [3.05, 3.63) is 0 Å². The molecule has 1 saturated carbocycles. The van der Waals surface area contributed by atoms with Crippen LogP contribution in [-0.4, -0.2) is 28.5 Å². The second kappa shape index (κ2) is 4.91. The van der Waals surface area contributed by atoms with Gasteiger partial charge in [0.1, 0.15) is 0 Å². The number of nitrogens with zero attached hydrogens (tertiary/aromatic N) is 1. The first-order chi connectivity index (χ1) is 6.11. The van der Waals surface area contributed by atoms with Crippen molar-refractivity contribution in [3.8, 4) is 0 Å². The summed E-state index contributed by atoms with van der Waals surface area (Å²) in [6.45, 7) is 5.23. The van der Waals surface area contributed by atoms with E-state index in [1.165, 1.54) is 25.7 Å². The second-order valence-electron chi connectivity index (χ2n) is 4.17. The van der Waals surface area contributed by atoms with Gasteiger partial charge in [-0.25, -0.2) is 0 Å². The Bertz CT molecular complexity index is 174. The highest BCUT2D eigenvalue weighted by Crippen LogP contribution is 2.24. The van der Waals surface area contributed by atoms with E-state index in [0.717, 1.165) is 12.6 Å². The molecule has 1 fully saturated rings. The smallest absolute Gasteiger partial charge is 0.0870 e. The standard InChI is InChI=1S/C10H20N2S/c1-8(2)12(7-10(11)13)9-5-3-4-6-9/h8-9H,3-7H2,1-2H3,(H2,11,13). The first kappa shape index (κ1) is 10.9. The van der Waals surface area contributed by atoms with Crippen LogP contribution in [0.25, 0.3) is 0 Å². The maximum Gasteiger partial charge on any atom is 0.0870 e. The topological polar surface area (TPSA) is 29.3 Å². The molecule has 2 N–H and O–H groups in total. The Kier molecular flexibility index (Phi) is 4.13. The number of hydrogen-bond donors (Lipinski definition) is 1. The van der Waals surface area contributed by atoms with Crippen LogP contribution < -0.4 is 5.73 Å². The van der Waals surface area contributed by atoms with E-state index in [9.17, 15) is 0 Å². The molecule has 0 aromatic carbocycles. The van der Waals surface area contributed by atoms with E-state index in [2.05, 4.69) is 18.7 Å². The largest absolute Gasteiger partial charge is 0.392 e. The van der Waals surface area contributed by atoms with Gasteiger partial charge < -0.3 is 5.73 Å². The fourth-order valence-corrected chi connectivity index (χ4v) is 2.30. The number of nitrogens with two attached hydrogens (primary N) is 1. The van der Waals surface area contributed by atoms with E-state index in [0.29, 0.717) is 11.0 Å². The number of hydrogen-bond acceptors (Lipinski definition) is 2. The van der Waals surface area contributed by atoms with Crippen LogP contribution in [0, 0.1) is 0 Å². The molecule has 0 aliphatic heterocycles. The third-order valence-corrected chi connectivity index (χ3v) is 2.92. The van der Waals surface area contributed by atoms with Crippen LogP contribution in [0.3, 0.4) is 0 Å². The Morgan fingerprint density at radius 1 is 1.46 bits per heavy atom. The van der Waals surface area contributed by atoms with Crippen LogP contribution in [0.15, 0.2) is 0 Å². The van der Waals surface area contributed by atoms with E-state index in [-0.39, 0.29) is 0 Å². The lowest BCUT2D eigenvalue weighted by Crippen LogP contribution is -2.43. The Hall–Kier alpha value is -0.150. The molecule has 1 aliphatic carbocycles. The van der Waals surface area contributed by atoms with Crippen molar-refractivity contribution in [2.45, 2.75) is 51.6 Å². The summed E-state index contributed by atoms with van der Waals surface area (Å²) in [4.78, 5) is 3.07. The van der Waals surface area contributed by atoms with Crippen LogP contribution in [0.2, 0.25) is 0 Å². The Morgan fingerprint density at radius 3 is 2.38 bits per heavy atom. The fraction of sp³-hybridized carbons (Fsp3) is 0.900. The van der Waals surface area contributed by atoms with Gasteiger partial charge in [-0.2, -0.15) is 0 Å². The molecule has 0 amide bonds. The fourth-order valence-electron chi connectivity index (χ4n) is 2.15. The highest BCUT2D eigenvalue weighted by atomic mass is 32.1. The molecule has 0 unspecified atom stereocenters. The first-order valence-electron chi connectivity index (χ1n) is 5.15. The molecule has 1 aliphatic rings. The van der Waals surface area contributed by atoms with Crippen molar-refractivity contribution in [1.82, 2.24) is 4.90 Å². The molecule has 76 valence electrons. The van der Waals surface area contributed by atoms with Gasteiger partial charge in [-0.15, -0.1) is 0 Å². The van der Waals surface area contributed by atoms with Crippen molar-refractivity contribution < 1.29 is 0 Å². The monoisotopic (exact) mass is 200 g/mol. The summed E-state index contributed by atoms with van der Waals surface area (Å²) in [6, 6.07) is 1.28. The molecule has 0 bridgehead atoms. The summed E-state index contributed by atoms with van der Waals surface area (Å²) in [7, 11) is 0. The molecule has 0 spiro atoms. The Balaban J connectivity index is 2.50. The molecule has 0 aromatic heterocycles. The molecular weight excluding hydrogens is 180 g/mol. The molecule has 0 saturated heterocycles. The van der Waals surface area contributed by atoms with Crippen molar-refractivity contribution in [2.24, 2.45) is 5.73 Å². The van der Waals surface area contributed by atoms with Gasteiger partial charge in [0.05, 0.1) is 4.99 Å². The lowest BCUT2D eigenvalue weighted by atomic mass is 10.1. The average Bonchev–Trinajstić information content (AvgIpc) is 2.50. The SMILES string of the molecule is CC(C)N(CC(N)=S)C1CCCC1. The van der Waals surface area contributed by atoms with Crippen LogP contribution in [-0.2, 0) is 0 Å². The molecule has 2 nitrogen and oxygen atoms in total. The van der Waals surface area contributed by atoms with Crippen molar-refractivity contribution >= 4 is 17.2 Å². The molecule has 0 aromatic rings. The normalized spacial score (nSPS) is 18.8. The number of rotatable bonds is 4. The summed E-state index contributed by atoms with van der Waals surface area (Å²) < 4.78 is 0. The van der Waals surface area contributed by atoms with Gasteiger partial charge in [0.15, 0.2) is 0 Å². The zero-order valence-electron chi connectivity index (χ0n) is 8.62. The van der Waals surface area contributed by atoms with Crippen molar-refractivity contribution in [1.29, 1.82) is 0 Å². The van der Waals surface area contributed by atoms with Crippen LogP contribution >= 0.6 is 12.2 Å². The third kappa shape index (κ3) is 3.24. The minimum atomic E-state index is 0.560. The summed E-state index contributed by atoms with van der Waals surface area (Å²) in [5.74, 6) is 0. The molecule has 13 heavy (non-hydrogen) atoms. The van der Waals surface area contributed by atoms with Gasteiger partial charge in [-0.05, 0) is 26.7 Å². The predicted octanol–water partition coefficient (Wildman–Crippen LogP) is 1.93. The molecular formula is C10H20N2S. The van der Waals surface area contributed by atoms with Gasteiger partial charge in [-0.1, -0.05) is 25.1 Å². The third-order valence-electron chi connectivity index (χ3n) is 2.80. The first-order valence-corrected chi connectivity index (χ1v) is 5.56. The van der Waals surface area contributed by atoms with Gasteiger partial charge in [0, 0.05) is 18.6 Å². The van der Waals surface area contributed by atoms with E-state index in [1.54, 1.807) is 0 Å². The van der Waals surface area contributed by atoms with Crippen molar-refractivity contribution in [2.75, 3.05) is 6.54 Å².